The maximum absolute atomic E-state index is 11.8. The highest BCUT2D eigenvalue weighted by Gasteiger charge is 2.32. The Hall–Kier alpha value is -0.320. The maximum atomic E-state index is 11.8. The topological polar surface area (TPSA) is 64.4 Å². The molecule has 1 amide bonds. The van der Waals surface area contributed by atoms with Gasteiger partial charge in [-0.25, -0.2) is 0 Å². The van der Waals surface area contributed by atoms with Crippen molar-refractivity contribution in [1.82, 2.24) is 5.32 Å². The zero-order chi connectivity index (χ0) is 11.5. The van der Waals surface area contributed by atoms with E-state index >= 15 is 0 Å². The van der Waals surface area contributed by atoms with E-state index in [-0.39, 0.29) is 36.1 Å². The molecule has 0 bridgehead atoms. The molecule has 96 valence electrons. The molecule has 1 saturated heterocycles. The second kappa shape index (κ2) is 6.42. The minimum Gasteiger partial charge on any atom is -0.364 e. The molecule has 0 radical (unpaired) electrons. The third kappa shape index (κ3) is 4.28. The highest BCUT2D eigenvalue weighted by molar-refractivity contribution is 5.85. The number of halogens is 1. The Kier molecular flexibility index (Phi) is 6.30. The van der Waals surface area contributed by atoms with Crippen LogP contribution in [0.4, 0.5) is 0 Å². The van der Waals surface area contributed by atoms with Crippen LogP contribution in [-0.2, 0) is 9.53 Å². The second-order valence-corrected chi connectivity index (χ2v) is 4.79. The average molecular weight is 251 g/mol. The number of rotatable bonds is 4. The molecule has 1 aliphatic heterocycles. The summed E-state index contributed by atoms with van der Waals surface area (Å²) in [5, 5.41) is 2.99. The van der Waals surface area contributed by atoms with E-state index < -0.39 is 0 Å². The van der Waals surface area contributed by atoms with E-state index in [9.17, 15) is 4.79 Å². The largest absolute Gasteiger partial charge is 0.364 e. The van der Waals surface area contributed by atoms with Gasteiger partial charge >= 0.3 is 0 Å². The number of amides is 1. The minimum absolute atomic E-state index is 0. The first-order valence-electron chi connectivity index (χ1n) is 5.66. The summed E-state index contributed by atoms with van der Waals surface area (Å²) in [5.41, 5.74) is 5.34. The fourth-order valence-electron chi connectivity index (χ4n) is 1.57. The molecule has 0 aromatic heterocycles. The third-order valence-corrected chi connectivity index (χ3v) is 3.01. The third-order valence-electron chi connectivity index (χ3n) is 3.01. The zero-order valence-electron chi connectivity index (χ0n) is 10.3. The summed E-state index contributed by atoms with van der Waals surface area (Å²) in [6.45, 7) is 6.58. The lowest BCUT2D eigenvalue weighted by atomic mass is 10.0. The van der Waals surface area contributed by atoms with Gasteiger partial charge in [0.05, 0.1) is 6.10 Å². The Morgan fingerprint density at radius 3 is 2.56 bits per heavy atom. The summed E-state index contributed by atoms with van der Waals surface area (Å²) < 4.78 is 5.53. The normalized spacial score (nSPS) is 25.0. The quantitative estimate of drug-likeness (QED) is 0.789. The SMILES string of the molecule is CCC(C)(C)NC(=O)[C@@H]1CC[C@H](CN)O1.Cl. The minimum atomic E-state index is -0.302. The highest BCUT2D eigenvalue weighted by Crippen LogP contribution is 2.20. The lowest BCUT2D eigenvalue weighted by Crippen LogP contribution is -2.47. The zero-order valence-corrected chi connectivity index (χ0v) is 11.1. The molecule has 0 unspecified atom stereocenters. The predicted molar refractivity (Wildman–Crippen MR) is 66.7 cm³/mol. The summed E-state index contributed by atoms with van der Waals surface area (Å²) in [5.74, 6) is -0.00204. The summed E-state index contributed by atoms with van der Waals surface area (Å²) in [7, 11) is 0. The van der Waals surface area contributed by atoms with E-state index in [0.717, 1.165) is 19.3 Å². The maximum Gasteiger partial charge on any atom is 0.249 e. The molecule has 0 aromatic carbocycles. The summed E-state index contributed by atoms with van der Waals surface area (Å²) in [6, 6.07) is 0. The molecule has 1 fully saturated rings. The standard InChI is InChI=1S/C11H22N2O2.ClH/c1-4-11(2,3)13-10(14)9-6-5-8(7-12)15-9;/h8-9H,4-7,12H2,1-3H3,(H,13,14);1H/t8-,9+;/m1./s1. The van der Waals surface area contributed by atoms with Gasteiger partial charge in [0.25, 0.3) is 0 Å². The van der Waals surface area contributed by atoms with E-state index in [4.69, 9.17) is 10.5 Å². The first-order valence-corrected chi connectivity index (χ1v) is 5.66. The molecule has 0 aliphatic carbocycles. The van der Waals surface area contributed by atoms with Crippen LogP contribution in [0.2, 0.25) is 0 Å². The van der Waals surface area contributed by atoms with Crippen LogP contribution in [0.3, 0.4) is 0 Å². The average Bonchev–Trinajstić information content (AvgIpc) is 2.65. The van der Waals surface area contributed by atoms with Gasteiger partial charge in [-0.2, -0.15) is 0 Å². The van der Waals surface area contributed by atoms with E-state index in [1.165, 1.54) is 0 Å². The molecule has 4 nitrogen and oxygen atoms in total. The Morgan fingerprint density at radius 1 is 1.50 bits per heavy atom. The van der Waals surface area contributed by atoms with Crippen LogP contribution >= 0.6 is 12.4 Å². The molecule has 0 saturated carbocycles. The number of carbonyl (C=O) groups excluding carboxylic acids is 1. The van der Waals surface area contributed by atoms with Crippen molar-refractivity contribution in [2.24, 2.45) is 5.73 Å². The highest BCUT2D eigenvalue weighted by atomic mass is 35.5. The lowest BCUT2D eigenvalue weighted by Gasteiger charge is -2.26. The summed E-state index contributed by atoms with van der Waals surface area (Å²) >= 11 is 0. The molecule has 3 N–H and O–H groups in total. The molecule has 1 rings (SSSR count). The monoisotopic (exact) mass is 250 g/mol. The van der Waals surface area contributed by atoms with Crippen molar-refractivity contribution in [3.8, 4) is 0 Å². The van der Waals surface area contributed by atoms with Crippen LogP contribution in [0, 0.1) is 0 Å². The number of hydrogen-bond acceptors (Lipinski definition) is 3. The number of nitrogens with one attached hydrogen (secondary N) is 1. The van der Waals surface area contributed by atoms with E-state index in [0.29, 0.717) is 6.54 Å². The second-order valence-electron chi connectivity index (χ2n) is 4.79. The molecular formula is C11H23ClN2O2. The van der Waals surface area contributed by atoms with Crippen LogP contribution in [0.1, 0.15) is 40.0 Å². The Balaban J connectivity index is 0.00000225. The van der Waals surface area contributed by atoms with Gasteiger partial charge in [-0.3, -0.25) is 4.79 Å². The van der Waals surface area contributed by atoms with Gasteiger partial charge in [-0.05, 0) is 33.1 Å². The predicted octanol–water partition coefficient (Wildman–Crippen LogP) is 1.22. The van der Waals surface area contributed by atoms with Crippen molar-refractivity contribution in [2.45, 2.75) is 57.8 Å². The van der Waals surface area contributed by atoms with Crippen molar-refractivity contribution < 1.29 is 9.53 Å². The molecule has 1 aliphatic rings. The van der Waals surface area contributed by atoms with Gasteiger partial charge < -0.3 is 15.8 Å². The molecular weight excluding hydrogens is 228 g/mol. The Bertz CT molecular complexity index is 234. The van der Waals surface area contributed by atoms with Gasteiger partial charge in [-0.1, -0.05) is 6.92 Å². The van der Waals surface area contributed by atoms with Gasteiger partial charge in [0.15, 0.2) is 0 Å². The van der Waals surface area contributed by atoms with Crippen LogP contribution in [0.5, 0.6) is 0 Å². The molecule has 5 heteroatoms. The number of carbonyl (C=O) groups is 1. The van der Waals surface area contributed by atoms with Crippen LogP contribution in [-0.4, -0.2) is 30.2 Å². The Labute approximate surface area is 104 Å². The van der Waals surface area contributed by atoms with Crippen LogP contribution < -0.4 is 11.1 Å². The van der Waals surface area contributed by atoms with Gasteiger partial charge in [-0.15, -0.1) is 12.4 Å². The smallest absolute Gasteiger partial charge is 0.249 e. The number of nitrogens with two attached hydrogens (primary N) is 1. The first kappa shape index (κ1) is 15.7. The Morgan fingerprint density at radius 2 is 2.12 bits per heavy atom. The molecule has 0 spiro atoms. The number of hydrogen-bond donors (Lipinski definition) is 2. The first-order chi connectivity index (χ1) is 6.98. The van der Waals surface area contributed by atoms with Crippen molar-refractivity contribution >= 4 is 18.3 Å². The fourth-order valence-corrected chi connectivity index (χ4v) is 1.57. The van der Waals surface area contributed by atoms with Crippen LogP contribution in [0.15, 0.2) is 0 Å². The van der Waals surface area contributed by atoms with E-state index in [1.54, 1.807) is 0 Å². The van der Waals surface area contributed by atoms with Gasteiger partial charge in [0, 0.05) is 12.1 Å². The summed E-state index contributed by atoms with van der Waals surface area (Å²) in [4.78, 5) is 11.8. The molecule has 2 atom stereocenters. The van der Waals surface area contributed by atoms with Crippen molar-refractivity contribution in [2.75, 3.05) is 6.54 Å². The van der Waals surface area contributed by atoms with Crippen molar-refractivity contribution in [1.29, 1.82) is 0 Å². The van der Waals surface area contributed by atoms with Crippen LogP contribution in [0.25, 0.3) is 0 Å². The molecule has 0 aromatic rings. The lowest BCUT2D eigenvalue weighted by molar-refractivity contribution is -0.133. The fraction of sp³-hybridized carbons (Fsp3) is 0.909. The van der Waals surface area contributed by atoms with E-state index in [2.05, 4.69) is 12.2 Å². The van der Waals surface area contributed by atoms with Gasteiger partial charge in [0.2, 0.25) is 5.91 Å². The van der Waals surface area contributed by atoms with Crippen molar-refractivity contribution in [3.05, 3.63) is 0 Å². The van der Waals surface area contributed by atoms with E-state index in [1.807, 2.05) is 13.8 Å². The van der Waals surface area contributed by atoms with Crippen molar-refractivity contribution in [3.63, 3.8) is 0 Å². The number of ether oxygens (including phenoxy) is 1. The molecule has 16 heavy (non-hydrogen) atoms. The molecule has 1 heterocycles. The summed E-state index contributed by atoms with van der Waals surface area (Å²) in [6.07, 6.45) is 2.34. The van der Waals surface area contributed by atoms with Gasteiger partial charge in [0.1, 0.15) is 6.10 Å².